The molecular weight excluding hydrogens is 441 g/mol. The van der Waals surface area contributed by atoms with Gasteiger partial charge in [0.15, 0.2) is 5.96 Å². The van der Waals surface area contributed by atoms with Gasteiger partial charge in [0.25, 0.3) is 0 Å². The van der Waals surface area contributed by atoms with Gasteiger partial charge in [-0.2, -0.15) is 0 Å². The zero-order valence-corrected chi connectivity index (χ0v) is 17.7. The molecule has 6 heteroatoms. The molecule has 0 saturated carbocycles. The summed E-state index contributed by atoms with van der Waals surface area (Å²) in [5.41, 5.74) is 2.38. The highest BCUT2D eigenvalue weighted by Crippen LogP contribution is 2.08. The van der Waals surface area contributed by atoms with Crippen LogP contribution in [0.4, 0.5) is 0 Å². The summed E-state index contributed by atoms with van der Waals surface area (Å²) < 4.78 is 10.8. The topological polar surface area (TPSA) is 54.9 Å². The maximum atomic E-state index is 5.67. The Bertz CT molecular complexity index is 633. The normalized spacial score (nSPS) is 10.8. The quantitative estimate of drug-likeness (QED) is 0.255. The lowest BCUT2D eigenvalue weighted by molar-refractivity contribution is 0.185. The van der Waals surface area contributed by atoms with Crippen LogP contribution in [0.25, 0.3) is 0 Å². The number of hydrogen-bond acceptors (Lipinski definition) is 3. The number of nitrogens with zero attached hydrogens (tertiary/aromatic N) is 1. The Morgan fingerprint density at radius 2 is 1.65 bits per heavy atom. The van der Waals surface area contributed by atoms with Gasteiger partial charge in [-0.25, -0.2) is 0 Å². The van der Waals surface area contributed by atoms with E-state index in [9.17, 15) is 0 Å². The zero-order valence-electron chi connectivity index (χ0n) is 15.4. The molecule has 5 nitrogen and oxygen atoms in total. The first-order valence-electron chi connectivity index (χ1n) is 8.51. The molecule has 0 aromatic heterocycles. The van der Waals surface area contributed by atoms with Gasteiger partial charge >= 0.3 is 0 Å². The zero-order chi connectivity index (χ0) is 17.7. The first-order valence-corrected chi connectivity index (χ1v) is 8.51. The van der Waals surface area contributed by atoms with E-state index < -0.39 is 0 Å². The minimum Gasteiger partial charge on any atom is -0.494 e. The van der Waals surface area contributed by atoms with Gasteiger partial charge in [-0.05, 0) is 29.7 Å². The molecule has 0 radical (unpaired) electrons. The van der Waals surface area contributed by atoms with Crippen molar-refractivity contribution >= 4 is 29.9 Å². The van der Waals surface area contributed by atoms with Crippen LogP contribution in [0.15, 0.2) is 59.6 Å². The lowest BCUT2D eigenvalue weighted by Crippen LogP contribution is -2.37. The van der Waals surface area contributed by atoms with Crippen LogP contribution in [0.5, 0.6) is 5.75 Å². The summed E-state index contributed by atoms with van der Waals surface area (Å²) in [5, 5.41) is 6.61. The van der Waals surface area contributed by atoms with Crippen molar-refractivity contribution in [1.82, 2.24) is 10.6 Å². The highest BCUT2D eigenvalue weighted by atomic mass is 127. The van der Waals surface area contributed by atoms with Crippen LogP contribution in [0.2, 0.25) is 0 Å². The number of benzene rings is 2. The van der Waals surface area contributed by atoms with Crippen LogP contribution in [-0.4, -0.2) is 33.3 Å². The third-order valence-corrected chi connectivity index (χ3v) is 3.64. The van der Waals surface area contributed by atoms with Crippen molar-refractivity contribution in [2.45, 2.75) is 19.6 Å². The highest BCUT2D eigenvalue weighted by molar-refractivity contribution is 14.0. The SMILES string of the molecule is CN=C(NCCCOc1ccccc1)NCc1ccc(COC)cc1.I. The molecule has 0 aliphatic carbocycles. The molecule has 0 heterocycles. The molecule has 26 heavy (non-hydrogen) atoms. The Morgan fingerprint density at radius 1 is 0.962 bits per heavy atom. The molecule has 0 amide bonds. The van der Waals surface area contributed by atoms with Crippen LogP contribution < -0.4 is 15.4 Å². The van der Waals surface area contributed by atoms with E-state index in [2.05, 4.69) is 39.9 Å². The Morgan fingerprint density at radius 3 is 2.31 bits per heavy atom. The summed E-state index contributed by atoms with van der Waals surface area (Å²) in [6.45, 7) is 2.85. The standard InChI is InChI=1S/C20H27N3O2.HI/c1-21-20(22-13-6-14-25-19-7-4-3-5-8-19)23-15-17-9-11-18(12-10-17)16-24-2;/h3-5,7-12H,6,13-16H2,1-2H3,(H2,21,22,23);1H. The predicted octanol–water partition coefficient (Wildman–Crippen LogP) is 3.59. The number of halogens is 1. The van der Waals surface area contributed by atoms with Gasteiger partial charge in [0.05, 0.1) is 13.2 Å². The van der Waals surface area contributed by atoms with Crippen LogP contribution >= 0.6 is 24.0 Å². The second kappa shape index (κ2) is 13.4. The van der Waals surface area contributed by atoms with E-state index >= 15 is 0 Å². The van der Waals surface area contributed by atoms with Crippen molar-refractivity contribution in [1.29, 1.82) is 0 Å². The molecule has 142 valence electrons. The molecule has 0 aliphatic rings. The summed E-state index contributed by atoms with van der Waals surface area (Å²) in [6.07, 6.45) is 0.904. The van der Waals surface area contributed by atoms with Crippen molar-refractivity contribution < 1.29 is 9.47 Å². The maximum Gasteiger partial charge on any atom is 0.191 e. The minimum atomic E-state index is 0. The van der Waals surface area contributed by atoms with E-state index in [4.69, 9.17) is 9.47 Å². The lowest BCUT2D eigenvalue weighted by Gasteiger charge is -2.12. The fraction of sp³-hybridized carbons (Fsp3) is 0.350. The predicted molar refractivity (Wildman–Crippen MR) is 117 cm³/mol. The number of hydrogen-bond donors (Lipinski definition) is 2. The smallest absolute Gasteiger partial charge is 0.191 e. The Balaban J connectivity index is 0.00000338. The number of rotatable bonds is 9. The third-order valence-electron chi connectivity index (χ3n) is 3.64. The summed E-state index contributed by atoms with van der Waals surface area (Å²) in [5.74, 6) is 1.70. The van der Waals surface area contributed by atoms with Gasteiger partial charge in [0, 0.05) is 27.2 Å². The van der Waals surface area contributed by atoms with E-state index in [1.807, 2.05) is 30.3 Å². The van der Waals surface area contributed by atoms with E-state index in [0.29, 0.717) is 13.2 Å². The number of guanidine groups is 1. The van der Waals surface area contributed by atoms with Crippen molar-refractivity contribution in [3.63, 3.8) is 0 Å². The molecule has 0 saturated heterocycles. The average molecular weight is 469 g/mol. The number of para-hydroxylation sites is 1. The molecular formula is C20H28IN3O2. The van der Waals surface area contributed by atoms with Crippen molar-refractivity contribution in [2.24, 2.45) is 4.99 Å². The number of ether oxygens (including phenoxy) is 2. The van der Waals surface area contributed by atoms with E-state index in [1.165, 1.54) is 11.1 Å². The molecule has 0 bridgehead atoms. The second-order valence-electron chi connectivity index (χ2n) is 5.62. The van der Waals surface area contributed by atoms with Gasteiger partial charge in [0.1, 0.15) is 5.75 Å². The lowest BCUT2D eigenvalue weighted by atomic mass is 10.1. The van der Waals surface area contributed by atoms with Crippen LogP contribution in [0.1, 0.15) is 17.5 Å². The fourth-order valence-electron chi connectivity index (χ4n) is 2.31. The largest absolute Gasteiger partial charge is 0.494 e. The Labute approximate surface area is 173 Å². The van der Waals surface area contributed by atoms with E-state index in [1.54, 1.807) is 14.2 Å². The van der Waals surface area contributed by atoms with Crippen LogP contribution in [0.3, 0.4) is 0 Å². The highest BCUT2D eigenvalue weighted by Gasteiger charge is 1.99. The molecule has 0 atom stereocenters. The molecule has 2 rings (SSSR count). The number of nitrogens with one attached hydrogen (secondary N) is 2. The van der Waals surface area contributed by atoms with Crippen molar-refractivity contribution in [3.05, 3.63) is 65.7 Å². The minimum absolute atomic E-state index is 0. The monoisotopic (exact) mass is 469 g/mol. The van der Waals surface area contributed by atoms with Crippen molar-refractivity contribution in [2.75, 3.05) is 27.3 Å². The molecule has 0 spiro atoms. The van der Waals surface area contributed by atoms with Gasteiger partial charge in [-0.15, -0.1) is 24.0 Å². The summed E-state index contributed by atoms with van der Waals surface area (Å²) in [4.78, 5) is 4.24. The van der Waals surface area contributed by atoms with Gasteiger partial charge in [0.2, 0.25) is 0 Å². The molecule has 0 fully saturated rings. The van der Waals surface area contributed by atoms with Gasteiger partial charge in [-0.3, -0.25) is 4.99 Å². The molecule has 0 aliphatic heterocycles. The van der Waals surface area contributed by atoms with Gasteiger partial charge in [-0.1, -0.05) is 42.5 Å². The summed E-state index contributed by atoms with van der Waals surface area (Å²) in [6, 6.07) is 18.2. The second-order valence-corrected chi connectivity index (χ2v) is 5.62. The third kappa shape index (κ3) is 8.53. The Hall–Kier alpha value is -1.80. The average Bonchev–Trinajstić information content (AvgIpc) is 2.66. The number of aliphatic imine (C=N–C) groups is 1. The molecule has 0 unspecified atom stereocenters. The van der Waals surface area contributed by atoms with Crippen LogP contribution in [-0.2, 0) is 17.9 Å². The Kier molecular flexibility index (Phi) is 11.5. The first-order chi connectivity index (χ1) is 12.3. The molecule has 2 aromatic rings. The molecule has 2 aromatic carbocycles. The van der Waals surface area contributed by atoms with Crippen LogP contribution in [0, 0.1) is 0 Å². The molecule has 2 N–H and O–H groups in total. The van der Waals surface area contributed by atoms with Crippen molar-refractivity contribution in [3.8, 4) is 5.75 Å². The first kappa shape index (κ1) is 22.2. The van der Waals surface area contributed by atoms with Gasteiger partial charge < -0.3 is 20.1 Å². The van der Waals surface area contributed by atoms with E-state index in [-0.39, 0.29) is 24.0 Å². The number of methoxy groups -OCH3 is 1. The summed E-state index contributed by atoms with van der Waals surface area (Å²) >= 11 is 0. The van der Waals surface area contributed by atoms with E-state index in [0.717, 1.165) is 31.2 Å². The summed E-state index contributed by atoms with van der Waals surface area (Å²) in [7, 11) is 3.48. The fourth-order valence-corrected chi connectivity index (χ4v) is 2.31. The maximum absolute atomic E-state index is 5.67.